The van der Waals surface area contributed by atoms with Crippen LogP contribution in [0.2, 0.25) is 0 Å². The third kappa shape index (κ3) is 3.15. The van der Waals surface area contributed by atoms with Gasteiger partial charge in [-0.25, -0.2) is 0 Å². The topological polar surface area (TPSA) is 12.0 Å². The van der Waals surface area contributed by atoms with E-state index < -0.39 is 0 Å². The molecule has 0 bridgehead atoms. The van der Waals surface area contributed by atoms with Crippen LogP contribution in [-0.2, 0) is 10.8 Å². The average molecular weight is 522 g/mol. The molecule has 0 amide bonds. The van der Waals surface area contributed by atoms with Gasteiger partial charge in [-0.2, -0.15) is 0 Å². The summed E-state index contributed by atoms with van der Waals surface area (Å²) in [6, 6.07) is 25.6. The SMILES string of the molecule is Cc1c(C)c(C)c(Nc2ccc3c(c2)C(C)(C)c2cc4c(cc2-3)C(C)(C)c2ccc3ccccc3c2-4)c(C)c1C. The van der Waals surface area contributed by atoms with Gasteiger partial charge >= 0.3 is 0 Å². The van der Waals surface area contributed by atoms with Crippen molar-refractivity contribution in [1.82, 2.24) is 0 Å². The molecule has 5 aromatic carbocycles. The molecule has 0 heterocycles. The number of nitrogens with one attached hydrogen (secondary N) is 1. The Morgan fingerprint density at radius 2 is 1.07 bits per heavy atom. The van der Waals surface area contributed by atoms with Gasteiger partial charge in [0.2, 0.25) is 0 Å². The molecule has 0 fully saturated rings. The van der Waals surface area contributed by atoms with E-state index in [9.17, 15) is 0 Å². The Morgan fingerprint density at radius 1 is 0.500 bits per heavy atom. The molecule has 0 unspecified atom stereocenters. The van der Waals surface area contributed by atoms with Crippen LogP contribution in [-0.4, -0.2) is 0 Å². The van der Waals surface area contributed by atoms with E-state index in [1.165, 1.54) is 88.8 Å². The molecule has 1 N–H and O–H groups in total. The van der Waals surface area contributed by atoms with Crippen LogP contribution in [0.5, 0.6) is 0 Å². The first kappa shape index (κ1) is 25.1. The fraction of sp³-hybridized carbons (Fsp3) is 0.282. The van der Waals surface area contributed by atoms with Crippen LogP contribution in [0.4, 0.5) is 11.4 Å². The maximum atomic E-state index is 3.83. The Morgan fingerprint density at radius 3 is 1.80 bits per heavy atom. The average Bonchev–Trinajstić information content (AvgIpc) is 3.31. The van der Waals surface area contributed by atoms with Crippen LogP contribution in [0.15, 0.2) is 66.7 Å². The molecule has 0 saturated carbocycles. The highest BCUT2D eigenvalue weighted by molar-refractivity contribution is 6.03. The minimum atomic E-state index is -0.0853. The van der Waals surface area contributed by atoms with Gasteiger partial charge in [0.25, 0.3) is 0 Å². The highest BCUT2D eigenvalue weighted by Crippen LogP contribution is 2.57. The summed E-state index contributed by atoms with van der Waals surface area (Å²) in [7, 11) is 0. The molecule has 1 heteroatoms. The molecule has 0 spiro atoms. The van der Waals surface area contributed by atoms with Gasteiger partial charge in [0.05, 0.1) is 0 Å². The molecular formula is C39H39N. The summed E-state index contributed by atoms with van der Waals surface area (Å²) in [6.45, 7) is 20.8. The quantitative estimate of drug-likeness (QED) is 0.244. The fourth-order valence-electron chi connectivity index (χ4n) is 7.64. The van der Waals surface area contributed by atoms with Crippen molar-refractivity contribution in [3.05, 3.63) is 117 Å². The van der Waals surface area contributed by atoms with Gasteiger partial charge in [-0.15, -0.1) is 0 Å². The molecule has 0 saturated heterocycles. The van der Waals surface area contributed by atoms with Crippen molar-refractivity contribution in [2.75, 3.05) is 5.32 Å². The molecule has 0 atom stereocenters. The number of hydrogen-bond donors (Lipinski definition) is 1. The van der Waals surface area contributed by atoms with Crippen molar-refractivity contribution in [1.29, 1.82) is 0 Å². The summed E-state index contributed by atoms with van der Waals surface area (Å²) in [6.07, 6.45) is 0. The minimum absolute atomic E-state index is 0.0334. The van der Waals surface area contributed by atoms with E-state index in [-0.39, 0.29) is 10.8 Å². The van der Waals surface area contributed by atoms with Crippen LogP contribution in [0.25, 0.3) is 33.0 Å². The second-order valence-corrected chi connectivity index (χ2v) is 13.3. The van der Waals surface area contributed by atoms with Crippen molar-refractivity contribution >= 4 is 22.1 Å². The van der Waals surface area contributed by atoms with E-state index in [4.69, 9.17) is 0 Å². The van der Waals surface area contributed by atoms with Crippen molar-refractivity contribution in [2.45, 2.75) is 73.1 Å². The highest BCUT2D eigenvalue weighted by Gasteiger charge is 2.42. The largest absolute Gasteiger partial charge is 0.355 e. The van der Waals surface area contributed by atoms with E-state index in [0.717, 1.165) is 5.69 Å². The Bertz CT molecular complexity index is 1890. The molecule has 0 radical (unpaired) electrons. The van der Waals surface area contributed by atoms with Gasteiger partial charge in [-0.1, -0.05) is 70.2 Å². The predicted molar refractivity (Wildman–Crippen MR) is 172 cm³/mol. The van der Waals surface area contributed by atoms with Gasteiger partial charge in [0.1, 0.15) is 0 Å². The van der Waals surface area contributed by atoms with Gasteiger partial charge in [-0.05, 0) is 142 Å². The van der Waals surface area contributed by atoms with Gasteiger partial charge in [-0.3, -0.25) is 0 Å². The number of hydrogen-bond acceptors (Lipinski definition) is 1. The molecule has 5 aromatic rings. The third-order valence-corrected chi connectivity index (χ3v) is 10.6. The Labute approximate surface area is 239 Å². The van der Waals surface area contributed by atoms with Crippen molar-refractivity contribution in [3.8, 4) is 22.3 Å². The van der Waals surface area contributed by atoms with E-state index in [2.05, 4.69) is 134 Å². The molecular weight excluding hydrogens is 482 g/mol. The van der Waals surface area contributed by atoms with E-state index in [1.54, 1.807) is 0 Å². The lowest BCUT2D eigenvalue weighted by Gasteiger charge is -2.24. The first-order valence-corrected chi connectivity index (χ1v) is 14.6. The smallest absolute Gasteiger partial charge is 0.0449 e. The summed E-state index contributed by atoms with van der Waals surface area (Å²) in [5.74, 6) is 0. The molecule has 2 aliphatic carbocycles. The predicted octanol–water partition coefficient (Wildman–Crippen LogP) is 10.7. The van der Waals surface area contributed by atoms with E-state index >= 15 is 0 Å². The van der Waals surface area contributed by atoms with E-state index in [0.29, 0.717) is 0 Å². The maximum Gasteiger partial charge on any atom is 0.0449 e. The van der Waals surface area contributed by atoms with Gasteiger partial charge in [0.15, 0.2) is 0 Å². The zero-order valence-corrected chi connectivity index (χ0v) is 25.4. The summed E-state index contributed by atoms with van der Waals surface area (Å²) in [4.78, 5) is 0. The molecule has 0 aliphatic heterocycles. The summed E-state index contributed by atoms with van der Waals surface area (Å²) < 4.78 is 0. The molecule has 1 nitrogen and oxygen atoms in total. The standard InChI is InChI=1S/C39H39N/c1-21-22(2)24(4)37(25(5)23(21)3)40-27-15-16-29-30-19-35-31(20-34(30)39(8,9)33(29)18-27)36-28-13-11-10-12-26(28)14-17-32(36)38(35,6)7/h10-20,40H,1-9H3. The second-order valence-electron chi connectivity index (χ2n) is 13.3. The second kappa shape index (κ2) is 8.10. The van der Waals surface area contributed by atoms with Crippen LogP contribution in [0.3, 0.4) is 0 Å². The Kier molecular flexibility index (Phi) is 5.09. The van der Waals surface area contributed by atoms with Gasteiger partial charge < -0.3 is 5.32 Å². The molecule has 7 rings (SSSR count). The van der Waals surface area contributed by atoms with E-state index in [1.807, 2.05) is 0 Å². The Balaban J connectivity index is 1.38. The lowest BCUT2D eigenvalue weighted by molar-refractivity contribution is 0.652. The molecule has 0 aromatic heterocycles. The number of rotatable bonds is 2. The fourth-order valence-corrected chi connectivity index (χ4v) is 7.64. The Hall–Kier alpha value is -3.84. The van der Waals surface area contributed by atoms with Crippen LogP contribution in [0, 0.1) is 34.6 Å². The van der Waals surface area contributed by atoms with Crippen molar-refractivity contribution in [2.24, 2.45) is 0 Å². The molecule has 200 valence electrons. The lowest BCUT2D eigenvalue weighted by atomic mass is 9.79. The normalized spacial score (nSPS) is 15.5. The molecule has 2 aliphatic rings. The summed E-state index contributed by atoms with van der Waals surface area (Å²) in [5, 5.41) is 6.51. The van der Waals surface area contributed by atoms with Crippen LogP contribution in [0.1, 0.15) is 77.8 Å². The van der Waals surface area contributed by atoms with Crippen molar-refractivity contribution in [3.63, 3.8) is 0 Å². The summed E-state index contributed by atoms with van der Waals surface area (Å²) in [5.41, 5.74) is 20.5. The maximum absolute atomic E-state index is 3.83. The molecule has 40 heavy (non-hydrogen) atoms. The van der Waals surface area contributed by atoms with Crippen LogP contribution < -0.4 is 5.32 Å². The zero-order valence-electron chi connectivity index (χ0n) is 25.4. The number of benzene rings is 5. The summed E-state index contributed by atoms with van der Waals surface area (Å²) >= 11 is 0. The van der Waals surface area contributed by atoms with Gasteiger partial charge in [0, 0.05) is 22.2 Å². The monoisotopic (exact) mass is 521 g/mol. The minimum Gasteiger partial charge on any atom is -0.355 e. The first-order valence-electron chi connectivity index (χ1n) is 14.6. The lowest BCUT2D eigenvalue weighted by Crippen LogP contribution is -2.17. The number of fused-ring (bicyclic) bond motifs is 8. The number of anilines is 2. The van der Waals surface area contributed by atoms with Crippen LogP contribution >= 0.6 is 0 Å². The first-order chi connectivity index (χ1) is 18.9. The zero-order chi connectivity index (χ0) is 28.3. The van der Waals surface area contributed by atoms with Crippen molar-refractivity contribution < 1.29 is 0 Å². The highest BCUT2D eigenvalue weighted by atomic mass is 14.9. The third-order valence-electron chi connectivity index (χ3n) is 10.6.